The summed E-state index contributed by atoms with van der Waals surface area (Å²) in [6.45, 7) is 4.30. The van der Waals surface area contributed by atoms with Crippen LogP contribution in [0.3, 0.4) is 0 Å². The van der Waals surface area contributed by atoms with Crippen molar-refractivity contribution in [3.8, 4) is 11.5 Å². The molecule has 1 aliphatic rings. The number of rotatable bonds is 8. The molecule has 25 heavy (non-hydrogen) atoms. The van der Waals surface area contributed by atoms with Gasteiger partial charge in [-0.15, -0.1) is 6.58 Å². The van der Waals surface area contributed by atoms with Crippen LogP contribution >= 0.6 is 11.8 Å². The van der Waals surface area contributed by atoms with Crippen molar-refractivity contribution in [1.82, 2.24) is 4.90 Å². The summed E-state index contributed by atoms with van der Waals surface area (Å²) in [4.78, 5) is 26.0. The van der Waals surface area contributed by atoms with Gasteiger partial charge in [0.15, 0.2) is 11.5 Å². The van der Waals surface area contributed by atoms with Crippen LogP contribution in [0.15, 0.2) is 29.7 Å². The van der Waals surface area contributed by atoms with Crippen molar-refractivity contribution in [1.29, 1.82) is 0 Å². The summed E-state index contributed by atoms with van der Waals surface area (Å²) < 4.78 is 15.7. The zero-order valence-electron chi connectivity index (χ0n) is 14.5. The average molecular weight is 363 g/mol. The van der Waals surface area contributed by atoms with Gasteiger partial charge in [-0.3, -0.25) is 14.5 Å². The Kier molecular flexibility index (Phi) is 6.66. The van der Waals surface area contributed by atoms with E-state index in [4.69, 9.17) is 14.2 Å². The molecule has 0 spiro atoms. The van der Waals surface area contributed by atoms with Crippen molar-refractivity contribution in [2.75, 3.05) is 34.5 Å². The summed E-state index contributed by atoms with van der Waals surface area (Å²) in [6, 6.07) is 3.67. The first-order valence-corrected chi connectivity index (χ1v) is 8.47. The summed E-state index contributed by atoms with van der Waals surface area (Å²) in [5.74, 6) is 0.881. The van der Waals surface area contributed by atoms with E-state index in [1.165, 1.54) is 12.0 Å². The Morgan fingerprint density at radius 2 is 1.96 bits per heavy atom. The van der Waals surface area contributed by atoms with Gasteiger partial charge >= 0.3 is 0 Å². The fraction of sp³-hybridized carbons (Fsp3) is 0.333. The third kappa shape index (κ3) is 4.24. The van der Waals surface area contributed by atoms with Crippen LogP contribution in [-0.2, 0) is 16.0 Å². The van der Waals surface area contributed by atoms with Crippen LogP contribution < -0.4 is 9.47 Å². The van der Waals surface area contributed by atoms with Crippen molar-refractivity contribution in [3.63, 3.8) is 0 Å². The Morgan fingerprint density at radius 3 is 2.56 bits per heavy atom. The number of benzene rings is 1. The first kappa shape index (κ1) is 19.1. The van der Waals surface area contributed by atoms with Crippen molar-refractivity contribution in [3.05, 3.63) is 40.8 Å². The standard InChI is InChI=1S/C18H21NO5S/c1-5-6-13-9-12(10-14(23-3)16(13)24-4)11-15-17(20)19(7-8-22-2)18(21)25-15/h5,9-11H,1,6-8H2,2-4H3/b15-11-. The Balaban J connectivity index is 2.37. The molecule has 1 aromatic carbocycles. The van der Waals surface area contributed by atoms with Gasteiger partial charge in [-0.2, -0.15) is 0 Å². The number of imide groups is 1. The minimum Gasteiger partial charge on any atom is -0.493 e. The summed E-state index contributed by atoms with van der Waals surface area (Å²) in [7, 11) is 4.66. The number of thioether (sulfide) groups is 1. The third-order valence-corrected chi connectivity index (χ3v) is 4.54. The maximum Gasteiger partial charge on any atom is 0.293 e. The molecule has 0 aromatic heterocycles. The van der Waals surface area contributed by atoms with E-state index in [1.54, 1.807) is 32.4 Å². The zero-order chi connectivity index (χ0) is 18.4. The Labute approximate surface area is 151 Å². The van der Waals surface area contributed by atoms with E-state index in [9.17, 15) is 9.59 Å². The SMILES string of the molecule is C=CCc1cc(/C=C2\SC(=O)N(CCOC)C2=O)cc(OC)c1OC. The molecular formula is C18H21NO5S. The lowest BCUT2D eigenvalue weighted by molar-refractivity contribution is -0.123. The second-order valence-corrected chi connectivity index (χ2v) is 6.23. The molecule has 0 N–H and O–H groups in total. The third-order valence-electron chi connectivity index (χ3n) is 3.63. The molecule has 7 heteroatoms. The number of amides is 2. The monoisotopic (exact) mass is 363 g/mol. The van der Waals surface area contributed by atoms with E-state index in [0.29, 0.717) is 29.4 Å². The molecule has 0 radical (unpaired) electrons. The zero-order valence-corrected chi connectivity index (χ0v) is 15.4. The molecule has 134 valence electrons. The van der Waals surface area contributed by atoms with Crippen LogP contribution in [0.25, 0.3) is 6.08 Å². The van der Waals surface area contributed by atoms with E-state index < -0.39 is 0 Å². The van der Waals surface area contributed by atoms with Gasteiger partial charge in [0.25, 0.3) is 11.1 Å². The molecule has 2 rings (SSSR count). The Bertz CT molecular complexity index is 714. The molecule has 0 bridgehead atoms. The summed E-state index contributed by atoms with van der Waals surface area (Å²) >= 11 is 0.920. The van der Waals surface area contributed by atoms with E-state index in [2.05, 4.69) is 6.58 Å². The summed E-state index contributed by atoms with van der Waals surface area (Å²) in [5.41, 5.74) is 1.65. The highest BCUT2D eigenvalue weighted by Gasteiger charge is 2.34. The maximum atomic E-state index is 12.4. The highest BCUT2D eigenvalue weighted by molar-refractivity contribution is 8.18. The molecule has 1 aliphatic heterocycles. The number of carbonyl (C=O) groups excluding carboxylic acids is 2. The molecule has 0 unspecified atom stereocenters. The highest BCUT2D eigenvalue weighted by atomic mass is 32.2. The van der Waals surface area contributed by atoms with E-state index in [1.807, 2.05) is 6.07 Å². The first-order chi connectivity index (χ1) is 12.0. The lowest BCUT2D eigenvalue weighted by Gasteiger charge is -2.13. The van der Waals surface area contributed by atoms with Crippen molar-refractivity contribution in [2.45, 2.75) is 6.42 Å². The van der Waals surface area contributed by atoms with Crippen LogP contribution in [-0.4, -0.2) is 50.5 Å². The van der Waals surface area contributed by atoms with Gasteiger partial charge in [0.05, 0.1) is 32.3 Å². The van der Waals surface area contributed by atoms with Crippen LogP contribution in [0.2, 0.25) is 0 Å². The van der Waals surface area contributed by atoms with Gasteiger partial charge in [-0.1, -0.05) is 6.08 Å². The van der Waals surface area contributed by atoms with Crippen LogP contribution in [0.1, 0.15) is 11.1 Å². The molecule has 0 saturated carbocycles. The van der Waals surface area contributed by atoms with Gasteiger partial charge in [0.1, 0.15) is 0 Å². The Hall–Kier alpha value is -2.25. The van der Waals surface area contributed by atoms with Crippen LogP contribution in [0.4, 0.5) is 4.79 Å². The lowest BCUT2D eigenvalue weighted by Crippen LogP contribution is -2.31. The molecule has 1 heterocycles. The van der Waals surface area contributed by atoms with E-state index in [-0.39, 0.29) is 17.7 Å². The number of hydrogen-bond donors (Lipinski definition) is 0. The van der Waals surface area contributed by atoms with Gasteiger partial charge in [-0.25, -0.2) is 0 Å². The Morgan fingerprint density at radius 1 is 1.20 bits per heavy atom. The number of nitrogens with zero attached hydrogens (tertiary/aromatic N) is 1. The smallest absolute Gasteiger partial charge is 0.293 e. The molecule has 2 amide bonds. The molecule has 1 saturated heterocycles. The maximum absolute atomic E-state index is 12.4. The number of allylic oxidation sites excluding steroid dienone is 1. The predicted molar refractivity (Wildman–Crippen MR) is 98.0 cm³/mol. The second-order valence-electron chi connectivity index (χ2n) is 5.23. The molecule has 1 fully saturated rings. The number of ether oxygens (including phenoxy) is 3. The van der Waals surface area contributed by atoms with Gasteiger partial charge in [-0.05, 0) is 42.0 Å². The lowest BCUT2D eigenvalue weighted by atomic mass is 10.0. The average Bonchev–Trinajstić information content (AvgIpc) is 2.86. The molecule has 0 atom stereocenters. The van der Waals surface area contributed by atoms with Gasteiger partial charge in [0.2, 0.25) is 0 Å². The number of carbonyl (C=O) groups is 2. The number of methoxy groups -OCH3 is 3. The van der Waals surface area contributed by atoms with Gasteiger partial charge in [0, 0.05) is 12.7 Å². The van der Waals surface area contributed by atoms with E-state index >= 15 is 0 Å². The van der Waals surface area contributed by atoms with Gasteiger partial charge < -0.3 is 14.2 Å². The highest BCUT2D eigenvalue weighted by Crippen LogP contribution is 2.36. The minimum atomic E-state index is -0.313. The van der Waals surface area contributed by atoms with Crippen molar-refractivity contribution < 1.29 is 23.8 Å². The molecular weight excluding hydrogens is 342 g/mol. The fourth-order valence-corrected chi connectivity index (χ4v) is 3.35. The molecule has 1 aromatic rings. The number of hydrogen-bond acceptors (Lipinski definition) is 6. The predicted octanol–water partition coefficient (Wildman–Crippen LogP) is 3.12. The quantitative estimate of drug-likeness (QED) is 0.522. The second kappa shape index (κ2) is 8.73. The summed E-state index contributed by atoms with van der Waals surface area (Å²) in [5, 5.41) is -0.292. The van der Waals surface area contributed by atoms with Crippen LogP contribution in [0.5, 0.6) is 11.5 Å². The molecule has 0 aliphatic carbocycles. The van der Waals surface area contributed by atoms with Crippen molar-refractivity contribution >= 4 is 29.0 Å². The summed E-state index contributed by atoms with van der Waals surface area (Å²) in [6.07, 6.45) is 4.04. The van der Waals surface area contributed by atoms with Crippen molar-refractivity contribution in [2.24, 2.45) is 0 Å². The van der Waals surface area contributed by atoms with Crippen LogP contribution in [0, 0.1) is 0 Å². The first-order valence-electron chi connectivity index (χ1n) is 7.65. The fourth-order valence-electron chi connectivity index (χ4n) is 2.48. The minimum absolute atomic E-state index is 0.242. The molecule has 6 nitrogen and oxygen atoms in total. The topological polar surface area (TPSA) is 65.1 Å². The normalized spacial score (nSPS) is 15.8. The largest absolute Gasteiger partial charge is 0.493 e. The van der Waals surface area contributed by atoms with E-state index in [0.717, 1.165) is 22.9 Å².